The summed E-state index contributed by atoms with van der Waals surface area (Å²) in [6.45, 7) is 0. The summed E-state index contributed by atoms with van der Waals surface area (Å²) in [4.78, 5) is 13.7. The molecule has 1 aromatic rings. The molecule has 0 aliphatic carbocycles. The third-order valence-electron chi connectivity index (χ3n) is 1.08. The summed E-state index contributed by atoms with van der Waals surface area (Å²) in [6, 6.07) is 0. The van der Waals surface area contributed by atoms with Crippen molar-refractivity contribution >= 4 is 16.2 Å². The molecular formula is C5H6N2O3S. The lowest BCUT2D eigenvalue weighted by Crippen LogP contribution is -2.07. The summed E-state index contributed by atoms with van der Waals surface area (Å²) >= 11 is 0. The molecule has 6 heteroatoms. The molecule has 0 bridgehead atoms. The van der Waals surface area contributed by atoms with Crippen LogP contribution >= 0.6 is 0 Å². The molecule has 0 N–H and O–H groups in total. The van der Waals surface area contributed by atoms with E-state index in [0.717, 1.165) is 10.8 Å². The van der Waals surface area contributed by atoms with E-state index < -0.39 is 9.84 Å². The van der Waals surface area contributed by atoms with Crippen molar-refractivity contribution in [2.45, 2.75) is 5.16 Å². The standard InChI is InChI=1S/C5H6N2O3S/c1-11(9,10)5-6-2-3-7(5)4-8/h2-4H,1H3. The Bertz CT molecular complexity index is 365. The Labute approximate surface area is 63.6 Å². The molecule has 1 heterocycles. The van der Waals surface area contributed by atoms with Crippen LogP contribution in [-0.2, 0) is 14.6 Å². The Kier molecular flexibility index (Phi) is 1.77. The summed E-state index contributed by atoms with van der Waals surface area (Å²) < 4.78 is 22.6. The van der Waals surface area contributed by atoms with Crippen LogP contribution in [0.1, 0.15) is 0 Å². The highest BCUT2D eigenvalue weighted by Gasteiger charge is 2.13. The fourth-order valence-electron chi connectivity index (χ4n) is 0.667. The van der Waals surface area contributed by atoms with Crippen LogP contribution in [0.5, 0.6) is 0 Å². The van der Waals surface area contributed by atoms with Crippen LogP contribution in [0.3, 0.4) is 0 Å². The van der Waals surface area contributed by atoms with Crippen molar-refractivity contribution in [3.05, 3.63) is 12.4 Å². The molecule has 0 aliphatic heterocycles. The number of hydrogen-bond donors (Lipinski definition) is 0. The lowest BCUT2D eigenvalue weighted by atomic mass is 10.9. The summed E-state index contributed by atoms with van der Waals surface area (Å²) in [5.74, 6) is 0. The molecule has 0 atom stereocenters. The quantitative estimate of drug-likeness (QED) is 0.557. The zero-order chi connectivity index (χ0) is 8.48. The van der Waals surface area contributed by atoms with Crippen LogP contribution in [0, 0.1) is 0 Å². The number of imidazole rings is 1. The van der Waals surface area contributed by atoms with Crippen LogP contribution < -0.4 is 0 Å². The van der Waals surface area contributed by atoms with E-state index in [1.807, 2.05) is 0 Å². The largest absolute Gasteiger partial charge is 0.278 e. The summed E-state index contributed by atoms with van der Waals surface area (Å²) in [5.41, 5.74) is 0. The predicted molar refractivity (Wildman–Crippen MR) is 37.5 cm³/mol. The van der Waals surface area contributed by atoms with Gasteiger partial charge >= 0.3 is 0 Å². The molecule has 1 aromatic heterocycles. The van der Waals surface area contributed by atoms with Gasteiger partial charge in [-0.05, 0) is 0 Å². The molecule has 1 rings (SSSR count). The van der Waals surface area contributed by atoms with Gasteiger partial charge in [-0.25, -0.2) is 13.4 Å². The molecule has 0 fully saturated rings. The van der Waals surface area contributed by atoms with Gasteiger partial charge in [-0.2, -0.15) is 0 Å². The highest BCUT2D eigenvalue weighted by molar-refractivity contribution is 7.90. The molecule has 0 aromatic carbocycles. The van der Waals surface area contributed by atoms with Crippen LogP contribution in [0.2, 0.25) is 0 Å². The third kappa shape index (κ3) is 1.45. The maximum atomic E-state index is 10.8. The van der Waals surface area contributed by atoms with E-state index in [1.165, 1.54) is 12.4 Å². The first-order valence-electron chi connectivity index (χ1n) is 2.74. The van der Waals surface area contributed by atoms with Crippen LogP contribution in [-0.4, -0.2) is 30.6 Å². The number of hydrogen-bond acceptors (Lipinski definition) is 4. The van der Waals surface area contributed by atoms with Gasteiger partial charge in [-0.1, -0.05) is 0 Å². The Balaban J connectivity index is 3.35. The van der Waals surface area contributed by atoms with Gasteiger partial charge in [-0.15, -0.1) is 0 Å². The van der Waals surface area contributed by atoms with E-state index in [0.29, 0.717) is 6.41 Å². The van der Waals surface area contributed by atoms with Crippen LogP contribution in [0.25, 0.3) is 0 Å². The normalized spacial score (nSPS) is 11.4. The maximum Gasteiger partial charge on any atom is 0.233 e. The van der Waals surface area contributed by atoms with Crippen molar-refractivity contribution in [3.63, 3.8) is 0 Å². The van der Waals surface area contributed by atoms with Gasteiger partial charge in [-0.3, -0.25) is 9.36 Å². The Morgan fingerprint density at radius 3 is 2.64 bits per heavy atom. The second-order valence-corrected chi connectivity index (χ2v) is 3.90. The van der Waals surface area contributed by atoms with E-state index >= 15 is 0 Å². The summed E-state index contributed by atoms with van der Waals surface area (Å²) in [7, 11) is -3.38. The van der Waals surface area contributed by atoms with Gasteiger partial charge in [0.05, 0.1) is 0 Å². The van der Waals surface area contributed by atoms with E-state index in [2.05, 4.69) is 4.98 Å². The molecule has 0 aliphatic rings. The lowest BCUT2D eigenvalue weighted by molar-refractivity contribution is 0.538. The number of nitrogens with zero attached hydrogens (tertiary/aromatic N) is 2. The van der Waals surface area contributed by atoms with Gasteiger partial charge in [0.25, 0.3) is 0 Å². The van der Waals surface area contributed by atoms with Gasteiger partial charge in [0.2, 0.25) is 21.4 Å². The maximum absolute atomic E-state index is 10.8. The van der Waals surface area contributed by atoms with E-state index in [4.69, 9.17) is 0 Å². The predicted octanol–water partition coefficient (Wildman–Crippen LogP) is -0.675. The van der Waals surface area contributed by atoms with Gasteiger partial charge in [0.1, 0.15) is 0 Å². The Hall–Kier alpha value is -1.17. The number of aromatic nitrogens is 2. The highest BCUT2D eigenvalue weighted by atomic mass is 32.2. The first-order valence-corrected chi connectivity index (χ1v) is 4.63. The lowest BCUT2D eigenvalue weighted by Gasteiger charge is -1.94. The molecular weight excluding hydrogens is 168 g/mol. The zero-order valence-corrected chi connectivity index (χ0v) is 6.58. The Morgan fingerprint density at radius 2 is 2.27 bits per heavy atom. The van der Waals surface area contributed by atoms with Crippen LogP contribution in [0.4, 0.5) is 0 Å². The van der Waals surface area contributed by atoms with E-state index in [-0.39, 0.29) is 5.16 Å². The van der Waals surface area contributed by atoms with Crippen LogP contribution in [0.15, 0.2) is 17.6 Å². The minimum Gasteiger partial charge on any atom is -0.278 e. The van der Waals surface area contributed by atoms with Gasteiger partial charge < -0.3 is 0 Å². The fourth-order valence-corrected chi connectivity index (χ4v) is 1.41. The first kappa shape index (κ1) is 7.93. The molecule has 0 amide bonds. The van der Waals surface area contributed by atoms with Crippen molar-refractivity contribution in [1.82, 2.24) is 9.55 Å². The molecule has 0 saturated heterocycles. The average molecular weight is 174 g/mol. The molecule has 0 radical (unpaired) electrons. The highest BCUT2D eigenvalue weighted by Crippen LogP contribution is 2.02. The molecule has 0 spiro atoms. The second kappa shape index (κ2) is 2.46. The second-order valence-electron chi connectivity index (χ2n) is 1.99. The molecule has 5 nitrogen and oxygen atoms in total. The topological polar surface area (TPSA) is 69.0 Å². The van der Waals surface area contributed by atoms with Gasteiger partial charge in [0.15, 0.2) is 0 Å². The van der Waals surface area contributed by atoms with Crippen molar-refractivity contribution < 1.29 is 13.2 Å². The molecule has 0 saturated carbocycles. The SMILES string of the molecule is CS(=O)(=O)c1nccn1C=O. The third-order valence-corrected chi connectivity index (χ3v) is 2.06. The average Bonchev–Trinajstić information content (AvgIpc) is 2.31. The Morgan fingerprint density at radius 1 is 1.64 bits per heavy atom. The van der Waals surface area contributed by atoms with Crippen molar-refractivity contribution in [1.29, 1.82) is 0 Å². The van der Waals surface area contributed by atoms with E-state index in [9.17, 15) is 13.2 Å². The number of carbonyl (C=O) groups is 1. The summed E-state index contributed by atoms with van der Waals surface area (Å²) in [5, 5.41) is -0.229. The molecule has 11 heavy (non-hydrogen) atoms. The molecule has 60 valence electrons. The monoisotopic (exact) mass is 174 g/mol. The van der Waals surface area contributed by atoms with Gasteiger partial charge in [0, 0.05) is 18.6 Å². The number of rotatable bonds is 2. The minimum atomic E-state index is -3.38. The minimum absolute atomic E-state index is 0.229. The van der Waals surface area contributed by atoms with Crippen molar-refractivity contribution in [2.75, 3.05) is 6.26 Å². The molecule has 0 unspecified atom stereocenters. The van der Waals surface area contributed by atoms with Crippen molar-refractivity contribution in [2.24, 2.45) is 0 Å². The first-order chi connectivity index (χ1) is 5.05. The zero-order valence-electron chi connectivity index (χ0n) is 5.76. The van der Waals surface area contributed by atoms with E-state index in [1.54, 1.807) is 0 Å². The number of carbonyl (C=O) groups excluding carboxylic acids is 1. The number of sulfone groups is 1. The van der Waals surface area contributed by atoms with Crippen molar-refractivity contribution in [3.8, 4) is 0 Å². The smallest absolute Gasteiger partial charge is 0.233 e. The summed E-state index contributed by atoms with van der Waals surface area (Å²) in [6.07, 6.45) is 3.92. The fraction of sp³-hybridized carbons (Fsp3) is 0.200.